The van der Waals surface area contributed by atoms with E-state index >= 15 is 0 Å². The minimum atomic E-state index is -4.23. The molecule has 3 aromatic rings. The Morgan fingerprint density at radius 1 is 1.19 bits per heavy atom. The van der Waals surface area contributed by atoms with Crippen LogP contribution in [0.1, 0.15) is 17.0 Å². The lowest BCUT2D eigenvalue weighted by molar-refractivity contribution is -0.385. The first-order valence-electron chi connectivity index (χ1n) is 9.37. The molecule has 0 saturated carbocycles. The van der Waals surface area contributed by atoms with E-state index in [1.165, 1.54) is 31.5 Å². The van der Waals surface area contributed by atoms with Crippen LogP contribution in [-0.4, -0.2) is 36.4 Å². The van der Waals surface area contributed by atoms with Crippen LogP contribution in [0.15, 0.2) is 52.5 Å². The van der Waals surface area contributed by atoms with Crippen molar-refractivity contribution in [3.63, 3.8) is 0 Å². The Morgan fingerprint density at radius 2 is 1.91 bits per heavy atom. The number of aromatic nitrogens is 2. The second kappa shape index (κ2) is 9.06. The number of hydrogen-bond acceptors (Lipinski definition) is 8. The van der Waals surface area contributed by atoms with Gasteiger partial charge in [0.2, 0.25) is 0 Å². The average Bonchev–Trinajstić information content (AvgIpc) is 2.99. The van der Waals surface area contributed by atoms with Crippen molar-refractivity contribution in [1.29, 1.82) is 0 Å². The maximum absolute atomic E-state index is 13.1. The zero-order valence-corrected chi connectivity index (χ0v) is 18.7. The zero-order chi connectivity index (χ0) is 23.5. The molecule has 2 N–H and O–H groups in total. The quantitative estimate of drug-likeness (QED) is 0.300. The van der Waals surface area contributed by atoms with Gasteiger partial charge < -0.3 is 4.74 Å². The molecular formula is C20H22N6O5S. The Morgan fingerprint density at radius 3 is 2.53 bits per heavy atom. The fraction of sp³-hybridized carbons (Fsp3) is 0.200. The number of rotatable bonds is 8. The lowest BCUT2D eigenvalue weighted by atomic mass is 10.2. The molecule has 3 rings (SSSR count). The van der Waals surface area contributed by atoms with Crippen LogP contribution in [0.2, 0.25) is 0 Å². The maximum Gasteiger partial charge on any atom is 0.270 e. The van der Waals surface area contributed by atoms with Crippen molar-refractivity contribution >= 4 is 33.3 Å². The molecule has 1 heterocycles. The molecule has 11 nitrogen and oxygen atoms in total. The van der Waals surface area contributed by atoms with Gasteiger partial charge in [0.1, 0.15) is 10.6 Å². The Balaban J connectivity index is 1.99. The normalized spacial score (nSPS) is 11.5. The third kappa shape index (κ3) is 4.70. The maximum atomic E-state index is 13.1. The standard InChI is InChI=1S/C20H22N6O5S/c1-13-16(14(2)25(3)23-13)12-21-22-18-10-9-15(26(27)28)11-20(18)32(29,30)24-17-7-5-6-8-19(17)31-4/h5-12,22,24H,1-4H3/b21-12+. The van der Waals surface area contributed by atoms with E-state index in [2.05, 4.69) is 20.3 Å². The number of nitro benzene ring substituents is 1. The monoisotopic (exact) mass is 458 g/mol. The molecule has 0 amide bonds. The van der Waals surface area contributed by atoms with Gasteiger partial charge in [-0.05, 0) is 32.0 Å². The lowest BCUT2D eigenvalue weighted by Crippen LogP contribution is -2.15. The summed E-state index contributed by atoms with van der Waals surface area (Å²) in [6, 6.07) is 9.89. The summed E-state index contributed by atoms with van der Waals surface area (Å²) in [6.45, 7) is 3.70. The van der Waals surface area contributed by atoms with Gasteiger partial charge in [0.05, 0.1) is 35.3 Å². The first kappa shape index (κ1) is 22.7. The summed E-state index contributed by atoms with van der Waals surface area (Å²) in [5.74, 6) is 0.302. The third-order valence-corrected chi connectivity index (χ3v) is 6.17. The molecule has 1 aromatic heterocycles. The number of aryl methyl sites for hydroxylation is 2. The molecule has 0 bridgehead atoms. The van der Waals surface area contributed by atoms with E-state index in [0.717, 1.165) is 23.0 Å². The smallest absolute Gasteiger partial charge is 0.270 e. The van der Waals surface area contributed by atoms with E-state index in [9.17, 15) is 18.5 Å². The molecule has 32 heavy (non-hydrogen) atoms. The molecule has 0 spiro atoms. The molecule has 0 atom stereocenters. The number of para-hydroxylation sites is 2. The second-order valence-corrected chi connectivity index (χ2v) is 8.47. The number of methoxy groups -OCH3 is 1. The Hall–Kier alpha value is -3.93. The van der Waals surface area contributed by atoms with Crippen molar-refractivity contribution in [3.05, 3.63) is 69.5 Å². The van der Waals surface area contributed by atoms with Crippen molar-refractivity contribution in [1.82, 2.24) is 9.78 Å². The molecule has 12 heteroatoms. The topological polar surface area (TPSA) is 141 Å². The summed E-state index contributed by atoms with van der Waals surface area (Å²) < 4.78 is 35.5. The number of sulfonamides is 1. The van der Waals surface area contributed by atoms with Crippen LogP contribution in [0, 0.1) is 24.0 Å². The van der Waals surface area contributed by atoms with Crippen LogP contribution in [0.25, 0.3) is 0 Å². The molecular weight excluding hydrogens is 436 g/mol. The summed E-state index contributed by atoms with van der Waals surface area (Å²) in [4.78, 5) is 10.2. The predicted molar refractivity (Wildman–Crippen MR) is 121 cm³/mol. The Bertz CT molecular complexity index is 1300. The van der Waals surface area contributed by atoms with E-state index in [1.54, 1.807) is 29.9 Å². The Labute approximate surface area is 184 Å². The molecule has 2 aromatic carbocycles. The van der Waals surface area contributed by atoms with Crippen LogP contribution in [0.3, 0.4) is 0 Å². The number of benzene rings is 2. The number of anilines is 2. The molecule has 0 radical (unpaired) electrons. The summed E-state index contributed by atoms with van der Waals surface area (Å²) in [7, 11) is -1.02. The van der Waals surface area contributed by atoms with Crippen molar-refractivity contribution in [2.45, 2.75) is 18.7 Å². The van der Waals surface area contributed by atoms with E-state index in [1.807, 2.05) is 13.8 Å². The molecule has 0 saturated heterocycles. The summed E-state index contributed by atoms with van der Waals surface area (Å²) in [5, 5.41) is 19.7. The van der Waals surface area contributed by atoms with Crippen molar-refractivity contribution in [2.75, 3.05) is 17.3 Å². The number of nitrogens with one attached hydrogen (secondary N) is 2. The SMILES string of the molecule is COc1ccccc1NS(=O)(=O)c1cc([N+](=O)[O-])ccc1N/N=C/c1c(C)nn(C)c1C. The van der Waals surface area contributed by atoms with Crippen molar-refractivity contribution in [3.8, 4) is 5.75 Å². The minimum absolute atomic E-state index is 0.0634. The number of ether oxygens (including phenoxy) is 1. The van der Waals surface area contributed by atoms with Gasteiger partial charge in [-0.15, -0.1) is 0 Å². The van der Waals surface area contributed by atoms with E-state index in [-0.39, 0.29) is 22.0 Å². The van der Waals surface area contributed by atoms with Crippen molar-refractivity contribution < 1.29 is 18.1 Å². The lowest BCUT2D eigenvalue weighted by Gasteiger charge is -2.14. The summed E-state index contributed by atoms with van der Waals surface area (Å²) in [5.41, 5.74) is 4.96. The number of nitro groups is 1. The van der Waals surface area contributed by atoms with Crippen LogP contribution in [-0.2, 0) is 17.1 Å². The van der Waals surface area contributed by atoms with Gasteiger partial charge in [-0.3, -0.25) is 24.9 Å². The fourth-order valence-electron chi connectivity index (χ4n) is 3.01. The first-order chi connectivity index (χ1) is 15.1. The third-order valence-electron chi connectivity index (χ3n) is 4.76. The van der Waals surface area contributed by atoms with Crippen LogP contribution in [0.5, 0.6) is 5.75 Å². The number of nitrogens with zero attached hydrogens (tertiary/aromatic N) is 4. The highest BCUT2D eigenvalue weighted by Gasteiger charge is 2.24. The van der Waals surface area contributed by atoms with Crippen LogP contribution >= 0.6 is 0 Å². The minimum Gasteiger partial charge on any atom is -0.495 e. The predicted octanol–water partition coefficient (Wildman–Crippen LogP) is 3.20. The van der Waals surface area contributed by atoms with Gasteiger partial charge in [-0.25, -0.2) is 8.42 Å². The van der Waals surface area contributed by atoms with Gasteiger partial charge >= 0.3 is 0 Å². The van der Waals surface area contributed by atoms with Gasteiger partial charge in [-0.2, -0.15) is 10.2 Å². The molecule has 0 unspecified atom stereocenters. The highest BCUT2D eigenvalue weighted by Crippen LogP contribution is 2.31. The van der Waals surface area contributed by atoms with E-state index in [4.69, 9.17) is 4.74 Å². The van der Waals surface area contributed by atoms with Gasteiger partial charge in [-0.1, -0.05) is 12.1 Å². The second-order valence-electron chi connectivity index (χ2n) is 6.82. The highest BCUT2D eigenvalue weighted by atomic mass is 32.2. The molecule has 0 aliphatic carbocycles. The number of hydrogen-bond donors (Lipinski definition) is 2. The first-order valence-corrected chi connectivity index (χ1v) is 10.9. The summed E-state index contributed by atoms with van der Waals surface area (Å²) >= 11 is 0. The van der Waals surface area contributed by atoms with Gasteiger partial charge in [0.15, 0.2) is 0 Å². The molecule has 0 aliphatic rings. The fourth-order valence-corrected chi connectivity index (χ4v) is 4.26. The van der Waals surface area contributed by atoms with Crippen molar-refractivity contribution in [2.24, 2.45) is 12.1 Å². The molecule has 0 fully saturated rings. The largest absolute Gasteiger partial charge is 0.495 e. The zero-order valence-electron chi connectivity index (χ0n) is 17.9. The number of hydrazone groups is 1. The highest BCUT2D eigenvalue weighted by molar-refractivity contribution is 7.93. The molecule has 0 aliphatic heterocycles. The Kier molecular flexibility index (Phi) is 6.44. The average molecular weight is 459 g/mol. The van der Waals surface area contributed by atoms with Crippen LogP contribution in [0.4, 0.5) is 17.1 Å². The van der Waals surface area contributed by atoms with Gasteiger partial charge in [0.25, 0.3) is 15.7 Å². The summed E-state index contributed by atoms with van der Waals surface area (Å²) in [6.07, 6.45) is 1.52. The van der Waals surface area contributed by atoms with Gasteiger partial charge in [0, 0.05) is 30.4 Å². The van der Waals surface area contributed by atoms with E-state index in [0.29, 0.717) is 5.75 Å². The van der Waals surface area contributed by atoms with E-state index < -0.39 is 14.9 Å². The van der Waals surface area contributed by atoms with Crippen LogP contribution < -0.4 is 14.9 Å². The molecule has 168 valence electrons. The number of non-ortho nitro benzene ring substituents is 1.